The Morgan fingerprint density at radius 3 is 2.65 bits per heavy atom. The molecule has 2 aromatic heterocycles. The third-order valence-electron chi connectivity index (χ3n) is 2.49. The summed E-state index contributed by atoms with van der Waals surface area (Å²) in [6, 6.07) is 5.98. The van der Waals surface area contributed by atoms with Gasteiger partial charge in [0.05, 0.1) is 17.6 Å². The van der Waals surface area contributed by atoms with Crippen molar-refractivity contribution in [1.29, 1.82) is 0 Å². The number of hydrogen-bond donors (Lipinski definition) is 1. The highest BCUT2D eigenvalue weighted by molar-refractivity contribution is 5.68. The summed E-state index contributed by atoms with van der Waals surface area (Å²) in [6.45, 7) is 0.750. The summed E-state index contributed by atoms with van der Waals surface area (Å²) in [5.74, 6) is 0. The second-order valence-corrected chi connectivity index (χ2v) is 4.00. The molecule has 4 nitrogen and oxygen atoms in total. The molecule has 0 unspecified atom stereocenters. The molecule has 0 amide bonds. The quantitative estimate of drug-likeness (QED) is 0.870. The summed E-state index contributed by atoms with van der Waals surface area (Å²) in [7, 11) is 4.04. The van der Waals surface area contributed by atoms with Gasteiger partial charge in [-0.15, -0.1) is 0 Å². The maximum absolute atomic E-state index is 4.14. The predicted molar refractivity (Wildman–Crippen MR) is 70.1 cm³/mol. The Kier molecular flexibility index (Phi) is 3.55. The van der Waals surface area contributed by atoms with Crippen molar-refractivity contribution in [2.24, 2.45) is 0 Å². The van der Waals surface area contributed by atoms with E-state index in [-0.39, 0.29) is 0 Å². The maximum Gasteiger partial charge on any atom is 0.0766 e. The highest BCUT2D eigenvalue weighted by Crippen LogP contribution is 2.22. The minimum absolute atomic E-state index is 0.750. The van der Waals surface area contributed by atoms with Crippen LogP contribution in [0, 0.1) is 0 Å². The normalized spacial score (nSPS) is 10.0. The van der Waals surface area contributed by atoms with Crippen molar-refractivity contribution in [3.05, 3.63) is 48.5 Å². The Bertz CT molecular complexity index is 468. The Labute approximate surface area is 101 Å². The van der Waals surface area contributed by atoms with E-state index in [4.69, 9.17) is 0 Å². The van der Waals surface area contributed by atoms with Gasteiger partial charge in [-0.1, -0.05) is 6.07 Å². The van der Waals surface area contributed by atoms with Crippen LogP contribution in [0.5, 0.6) is 0 Å². The first-order valence-corrected chi connectivity index (χ1v) is 5.51. The Morgan fingerprint density at radius 1 is 1.12 bits per heavy atom. The molecule has 0 aliphatic carbocycles. The van der Waals surface area contributed by atoms with Gasteiger partial charge >= 0.3 is 0 Å². The van der Waals surface area contributed by atoms with Crippen LogP contribution in [0.4, 0.5) is 11.4 Å². The monoisotopic (exact) mass is 228 g/mol. The molecule has 0 saturated heterocycles. The zero-order valence-electron chi connectivity index (χ0n) is 10.1. The fourth-order valence-corrected chi connectivity index (χ4v) is 1.61. The maximum atomic E-state index is 4.14. The first kappa shape index (κ1) is 11.4. The van der Waals surface area contributed by atoms with Crippen molar-refractivity contribution in [1.82, 2.24) is 9.97 Å². The van der Waals surface area contributed by atoms with E-state index < -0.39 is 0 Å². The third kappa shape index (κ3) is 2.93. The summed E-state index contributed by atoms with van der Waals surface area (Å²) in [6.07, 6.45) is 7.27. The van der Waals surface area contributed by atoms with Gasteiger partial charge in [-0.05, 0) is 17.7 Å². The van der Waals surface area contributed by atoms with Crippen molar-refractivity contribution in [3.63, 3.8) is 0 Å². The predicted octanol–water partition coefficient (Wildman–Crippen LogP) is 2.15. The van der Waals surface area contributed by atoms with E-state index in [1.54, 1.807) is 12.4 Å². The first-order valence-electron chi connectivity index (χ1n) is 5.51. The molecule has 0 atom stereocenters. The van der Waals surface area contributed by atoms with Crippen LogP contribution in [0.15, 0.2) is 43.0 Å². The van der Waals surface area contributed by atoms with E-state index >= 15 is 0 Å². The molecule has 88 valence electrons. The molecular formula is C13H16N4. The molecule has 2 aromatic rings. The van der Waals surface area contributed by atoms with Gasteiger partial charge in [0.2, 0.25) is 0 Å². The summed E-state index contributed by atoms with van der Waals surface area (Å²) in [4.78, 5) is 10.3. The first-order chi connectivity index (χ1) is 8.27. The molecule has 0 bridgehead atoms. The smallest absolute Gasteiger partial charge is 0.0766 e. The van der Waals surface area contributed by atoms with Gasteiger partial charge < -0.3 is 10.2 Å². The van der Waals surface area contributed by atoms with Gasteiger partial charge in [0, 0.05) is 39.2 Å². The van der Waals surface area contributed by atoms with Crippen molar-refractivity contribution >= 4 is 11.4 Å². The van der Waals surface area contributed by atoms with Gasteiger partial charge in [-0.25, -0.2) is 0 Å². The number of nitrogens with zero attached hydrogens (tertiary/aromatic N) is 3. The van der Waals surface area contributed by atoms with Crippen LogP contribution in [-0.4, -0.2) is 24.1 Å². The molecule has 0 radical (unpaired) electrons. The van der Waals surface area contributed by atoms with E-state index in [2.05, 4.69) is 20.2 Å². The Hall–Kier alpha value is -2.10. The lowest BCUT2D eigenvalue weighted by molar-refractivity contribution is 1.07. The molecule has 0 fully saturated rings. The molecule has 17 heavy (non-hydrogen) atoms. The summed E-state index contributed by atoms with van der Waals surface area (Å²) < 4.78 is 0. The molecule has 4 heteroatoms. The Balaban J connectivity index is 2.09. The molecule has 1 N–H and O–H groups in total. The lowest BCUT2D eigenvalue weighted by atomic mass is 10.2. The van der Waals surface area contributed by atoms with Crippen molar-refractivity contribution in [3.8, 4) is 0 Å². The second kappa shape index (κ2) is 5.30. The van der Waals surface area contributed by atoms with Crippen LogP contribution < -0.4 is 10.2 Å². The van der Waals surface area contributed by atoms with E-state index in [9.17, 15) is 0 Å². The molecular weight excluding hydrogens is 212 g/mol. The molecule has 0 aromatic carbocycles. The standard InChI is InChI=1S/C13H16N4/c1-17(2)13-5-7-15-10-12(13)16-9-11-4-3-6-14-8-11/h3-8,10,16H,9H2,1-2H3. The number of rotatable bonds is 4. The van der Waals surface area contributed by atoms with Crippen LogP contribution in [0.3, 0.4) is 0 Å². The minimum atomic E-state index is 0.750. The van der Waals surface area contributed by atoms with Gasteiger partial charge in [0.1, 0.15) is 0 Å². The fourth-order valence-electron chi connectivity index (χ4n) is 1.61. The summed E-state index contributed by atoms with van der Waals surface area (Å²) in [5.41, 5.74) is 3.31. The van der Waals surface area contributed by atoms with E-state index in [1.807, 2.05) is 44.7 Å². The summed E-state index contributed by atoms with van der Waals surface area (Å²) in [5, 5.41) is 3.37. The van der Waals surface area contributed by atoms with Crippen molar-refractivity contribution in [2.75, 3.05) is 24.3 Å². The molecule has 0 spiro atoms. The lowest BCUT2D eigenvalue weighted by Crippen LogP contribution is -2.12. The lowest BCUT2D eigenvalue weighted by Gasteiger charge is -2.17. The fraction of sp³-hybridized carbons (Fsp3) is 0.231. The molecule has 0 aliphatic heterocycles. The van der Waals surface area contributed by atoms with E-state index in [1.165, 1.54) is 0 Å². The van der Waals surface area contributed by atoms with Gasteiger partial charge in [0.15, 0.2) is 0 Å². The zero-order valence-corrected chi connectivity index (χ0v) is 10.1. The highest BCUT2D eigenvalue weighted by atomic mass is 15.1. The third-order valence-corrected chi connectivity index (χ3v) is 2.49. The molecule has 2 heterocycles. The van der Waals surface area contributed by atoms with Crippen LogP contribution in [0.2, 0.25) is 0 Å². The van der Waals surface area contributed by atoms with Crippen LogP contribution >= 0.6 is 0 Å². The SMILES string of the molecule is CN(C)c1ccncc1NCc1cccnc1. The number of anilines is 2. The molecule has 0 aliphatic rings. The average molecular weight is 228 g/mol. The zero-order chi connectivity index (χ0) is 12.1. The van der Waals surface area contributed by atoms with Crippen LogP contribution in [-0.2, 0) is 6.54 Å². The number of hydrogen-bond acceptors (Lipinski definition) is 4. The highest BCUT2D eigenvalue weighted by Gasteiger charge is 2.03. The average Bonchev–Trinajstić information content (AvgIpc) is 2.38. The number of nitrogens with one attached hydrogen (secondary N) is 1. The van der Waals surface area contributed by atoms with Gasteiger partial charge in [0.25, 0.3) is 0 Å². The Morgan fingerprint density at radius 2 is 1.94 bits per heavy atom. The summed E-state index contributed by atoms with van der Waals surface area (Å²) >= 11 is 0. The number of pyridine rings is 2. The van der Waals surface area contributed by atoms with Crippen LogP contribution in [0.1, 0.15) is 5.56 Å². The van der Waals surface area contributed by atoms with E-state index in [0.717, 1.165) is 23.5 Å². The van der Waals surface area contributed by atoms with Crippen molar-refractivity contribution < 1.29 is 0 Å². The minimum Gasteiger partial charge on any atom is -0.378 e. The molecule has 2 rings (SSSR count). The van der Waals surface area contributed by atoms with Crippen molar-refractivity contribution in [2.45, 2.75) is 6.54 Å². The van der Waals surface area contributed by atoms with Crippen LogP contribution in [0.25, 0.3) is 0 Å². The largest absolute Gasteiger partial charge is 0.378 e. The number of aromatic nitrogens is 2. The van der Waals surface area contributed by atoms with Gasteiger partial charge in [-0.2, -0.15) is 0 Å². The second-order valence-electron chi connectivity index (χ2n) is 4.00. The molecule has 0 saturated carbocycles. The van der Waals surface area contributed by atoms with Gasteiger partial charge in [-0.3, -0.25) is 9.97 Å². The van der Waals surface area contributed by atoms with E-state index in [0.29, 0.717) is 0 Å². The topological polar surface area (TPSA) is 41.1 Å².